The molecule has 7 heteroatoms. The molecule has 0 bridgehead atoms. The predicted octanol–water partition coefficient (Wildman–Crippen LogP) is 3.80. The van der Waals surface area contributed by atoms with Gasteiger partial charge in [-0.1, -0.05) is 22.9 Å². The van der Waals surface area contributed by atoms with E-state index in [4.69, 9.17) is 14.0 Å². The van der Waals surface area contributed by atoms with Gasteiger partial charge in [0.1, 0.15) is 17.5 Å². The van der Waals surface area contributed by atoms with Crippen LogP contribution in [-0.2, 0) is 4.79 Å². The SMILES string of the molecule is COc1ccc(-c2noc([C@@H]3CCCN3C(=O)COc3ccc(C)cc3)n2)cc1. The van der Waals surface area contributed by atoms with Crippen molar-refractivity contribution in [2.45, 2.75) is 25.8 Å². The third kappa shape index (κ3) is 4.23. The minimum absolute atomic E-state index is 0.0148. The first-order valence-corrected chi connectivity index (χ1v) is 9.61. The summed E-state index contributed by atoms with van der Waals surface area (Å²) in [7, 11) is 1.62. The molecule has 1 aromatic heterocycles. The largest absolute Gasteiger partial charge is 0.497 e. The number of carbonyl (C=O) groups is 1. The quantitative estimate of drug-likeness (QED) is 0.634. The van der Waals surface area contributed by atoms with E-state index in [-0.39, 0.29) is 18.6 Å². The molecule has 0 radical (unpaired) electrons. The predicted molar refractivity (Wildman–Crippen MR) is 107 cm³/mol. The Morgan fingerprint density at radius 2 is 1.86 bits per heavy atom. The summed E-state index contributed by atoms with van der Waals surface area (Å²) in [5.41, 5.74) is 1.98. The number of hydrogen-bond donors (Lipinski definition) is 0. The van der Waals surface area contributed by atoms with E-state index in [1.807, 2.05) is 55.5 Å². The summed E-state index contributed by atoms with van der Waals surface area (Å²) >= 11 is 0. The molecule has 0 unspecified atom stereocenters. The zero-order valence-corrected chi connectivity index (χ0v) is 16.5. The lowest BCUT2D eigenvalue weighted by atomic mass is 10.2. The van der Waals surface area contributed by atoms with E-state index < -0.39 is 0 Å². The second kappa shape index (κ2) is 8.34. The van der Waals surface area contributed by atoms with Crippen molar-refractivity contribution < 1.29 is 18.8 Å². The van der Waals surface area contributed by atoms with Gasteiger partial charge in [0.25, 0.3) is 5.91 Å². The standard InChI is InChI=1S/C22H23N3O4/c1-15-5-9-18(10-6-15)28-14-20(26)25-13-3-4-19(25)22-23-21(24-29-22)16-7-11-17(27-2)12-8-16/h5-12,19H,3-4,13-14H2,1-2H3/t19-/m0/s1. The summed E-state index contributed by atoms with van der Waals surface area (Å²) in [6.07, 6.45) is 1.68. The number of nitrogens with zero attached hydrogens (tertiary/aromatic N) is 3. The van der Waals surface area contributed by atoms with E-state index in [2.05, 4.69) is 10.1 Å². The van der Waals surface area contributed by atoms with Crippen molar-refractivity contribution in [2.24, 2.45) is 0 Å². The lowest BCUT2D eigenvalue weighted by Gasteiger charge is -2.21. The molecule has 1 saturated heterocycles. The van der Waals surface area contributed by atoms with Gasteiger partial charge in [0.15, 0.2) is 6.61 Å². The Kier molecular flexibility index (Phi) is 5.46. The number of amides is 1. The molecule has 4 rings (SSSR count). The molecule has 2 heterocycles. The monoisotopic (exact) mass is 393 g/mol. The van der Waals surface area contributed by atoms with Crippen molar-refractivity contribution >= 4 is 5.91 Å². The number of benzene rings is 2. The van der Waals surface area contributed by atoms with Crippen LogP contribution in [0, 0.1) is 6.92 Å². The number of hydrogen-bond acceptors (Lipinski definition) is 6. The first kappa shape index (κ1) is 19.0. The molecule has 0 saturated carbocycles. The molecule has 1 amide bonds. The molecule has 29 heavy (non-hydrogen) atoms. The Bertz CT molecular complexity index is 966. The van der Waals surface area contributed by atoms with E-state index in [0.717, 1.165) is 29.7 Å². The van der Waals surface area contributed by atoms with Crippen LogP contribution in [0.4, 0.5) is 0 Å². The molecule has 0 N–H and O–H groups in total. The Balaban J connectivity index is 1.43. The van der Waals surface area contributed by atoms with E-state index in [0.29, 0.717) is 24.0 Å². The van der Waals surface area contributed by atoms with Gasteiger partial charge in [0.05, 0.1) is 7.11 Å². The number of carbonyl (C=O) groups excluding carboxylic acids is 1. The molecular weight excluding hydrogens is 370 g/mol. The van der Waals surface area contributed by atoms with Crippen molar-refractivity contribution in [1.82, 2.24) is 15.0 Å². The van der Waals surface area contributed by atoms with Crippen LogP contribution >= 0.6 is 0 Å². The summed E-state index contributed by atoms with van der Waals surface area (Å²) in [4.78, 5) is 19.0. The van der Waals surface area contributed by atoms with E-state index >= 15 is 0 Å². The van der Waals surface area contributed by atoms with Crippen LogP contribution < -0.4 is 9.47 Å². The van der Waals surface area contributed by atoms with Crippen LogP contribution in [0.25, 0.3) is 11.4 Å². The van der Waals surface area contributed by atoms with Crippen molar-refractivity contribution in [1.29, 1.82) is 0 Å². The Labute approximate surface area is 169 Å². The zero-order chi connectivity index (χ0) is 20.2. The minimum atomic E-state index is -0.219. The summed E-state index contributed by atoms with van der Waals surface area (Å²) in [5, 5.41) is 4.09. The van der Waals surface area contributed by atoms with Crippen molar-refractivity contribution in [3.63, 3.8) is 0 Å². The molecule has 7 nitrogen and oxygen atoms in total. The lowest BCUT2D eigenvalue weighted by Crippen LogP contribution is -2.34. The maximum Gasteiger partial charge on any atom is 0.261 e. The van der Waals surface area contributed by atoms with E-state index in [1.165, 1.54) is 0 Å². The van der Waals surface area contributed by atoms with Crippen LogP contribution in [0.5, 0.6) is 11.5 Å². The number of methoxy groups -OCH3 is 1. The van der Waals surface area contributed by atoms with Crippen molar-refractivity contribution in [2.75, 3.05) is 20.3 Å². The van der Waals surface area contributed by atoms with Crippen LogP contribution in [0.1, 0.15) is 30.3 Å². The van der Waals surface area contributed by atoms with Crippen LogP contribution in [0.15, 0.2) is 53.1 Å². The second-order valence-electron chi connectivity index (χ2n) is 7.03. The molecule has 0 aliphatic carbocycles. The number of rotatable bonds is 6. The molecule has 1 atom stereocenters. The first-order valence-electron chi connectivity index (χ1n) is 9.61. The Hall–Kier alpha value is -3.35. The highest BCUT2D eigenvalue weighted by Crippen LogP contribution is 2.32. The molecule has 2 aromatic carbocycles. The van der Waals surface area contributed by atoms with Gasteiger partial charge < -0.3 is 18.9 Å². The number of likely N-dealkylation sites (tertiary alicyclic amines) is 1. The van der Waals surface area contributed by atoms with Crippen molar-refractivity contribution in [3.05, 3.63) is 60.0 Å². The lowest BCUT2D eigenvalue weighted by molar-refractivity contribution is -0.134. The molecular formula is C22H23N3O4. The summed E-state index contributed by atoms with van der Waals surface area (Å²) in [6.45, 7) is 2.65. The maximum absolute atomic E-state index is 12.7. The van der Waals surface area contributed by atoms with Crippen LogP contribution in [0.2, 0.25) is 0 Å². The van der Waals surface area contributed by atoms with E-state index in [1.54, 1.807) is 12.0 Å². The van der Waals surface area contributed by atoms with Crippen LogP contribution in [0.3, 0.4) is 0 Å². The highest BCUT2D eigenvalue weighted by atomic mass is 16.5. The topological polar surface area (TPSA) is 77.7 Å². The van der Waals surface area contributed by atoms with Gasteiger partial charge >= 0.3 is 0 Å². The fraction of sp³-hybridized carbons (Fsp3) is 0.318. The van der Waals surface area contributed by atoms with Gasteiger partial charge in [-0.2, -0.15) is 4.98 Å². The Morgan fingerprint density at radius 1 is 1.14 bits per heavy atom. The van der Waals surface area contributed by atoms with Gasteiger partial charge in [-0.15, -0.1) is 0 Å². The normalized spacial score (nSPS) is 16.1. The van der Waals surface area contributed by atoms with Gasteiger partial charge in [-0.25, -0.2) is 0 Å². The summed E-state index contributed by atoms with van der Waals surface area (Å²) in [6, 6.07) is 14.9. The highest BCUT2D eigenvalue weighted by molar-refractivity contribution is 5.78. The van der Waals surface area contributed by atoms with Gasteiger partial charge in [0, 0.05) is 12.1 Å². The highest BCUT2D eigenvalue weighted by Gasteiger charge is 2.34. The Morgan fingerprint density at radius 3 is 2.59 bits per heavy atom. The number of ether oxygens (including phenoxy) is 2. The average Bonchev–Trinajstić information content (AvgIpc) is 3.43. The molecule has 3 aromatic rings. The molecule has 150 valence electrons. The molecule has 1 aliphatic rings. The molecule has 1 fully saturated rings. The average molecular weight is 393 g/mol. The number of aromatic nitrogens is 2. The third-order valence-corrected chi connectivity index (χ3v) is 5.03. The summed E-state index contributed by atoms with van der Waals surface area (Å²) in [5.74, 6) is 2.31. The van der Waals surface area contributed by atoms with Crippen LogP contribution in [-0.4, -0.2) is 41.2 Å². The molecule has 0 spiro atoms. The minimum Gasteiger partial charge on any atom is -0.497 e. The van der Waals surface area contributed by atoms with Gasteiger partial charge in [0.2, 0.25) is 11.7 Å². The van der Waals surface area contributed by atoms with Crippen molar-refractivity contribution in [3.8, 4) is 22.9 Å². The smallest absolute Gasteiger partial charge is 0.261 e. The zero-order valence-electron chi connectivity index (χ0n) is 16.5. The van der Waals surface area contributed by atoms with Gasteiger partial charge in [-0.05, 0) is 56.2 Å². The fourth-order valence-corrected chi connectivity index (χ4v) is 3.41. The first-order chi connectivity index (χ1) is 14.1. The summed E-state index contributed by atoms with van der Waals surface area (Å²) < 4.78 is 16.3. The van der Waals surface area contributed by atoms with E-state index in [9.17, 15) is 4.79 Å². The third-order valence-electron chi connectivity index (χ3n) is 5.03. The maximum atomic E-state index is 12.7. The fourth-order valence-electron chi connectivity index (χ4n) is 3.41. The molecule has 1 aliphatic heterocycles. The number of aryl methyl sites for hydroxylation is 1. The van der Waals surface area contributed by atoms with Gasteiger partial charge in [-0.3, -0.25) is 4.79 Å². The second-order valence-corrected chi connectivity index (χ2v) is 7.03.